The van der Waals surface area contributed by atoms with Gasteiger partial charge in [0.05, 0.1) is 16.8 Å². The molecular weight excluding hydrogens is 449 g/mol. The zero-order valence-corrected chi connectivity index (χ0v) is 20.5. The van der Waals surface area contributed by atoms with Crippen LogP contribution < -0.4 is 10.6 Å². The maximum absolute atomic E-state index is 14.2. The number of rotatable bonds is 5. The zero-order chi connectivity index (χ0) is 25.3. The molecule has 2 amide bonds. The summed E-state index contributed by atoms with van der Waals surface area (Å²) >= 11 is 0. The van der Waals surface area contributed by atoms with E-state index in [4.69, 9.17) is 4.74 Å². The minimum atomic E-state index is -0.615. The van der Waals surface area contributed by atoms with E-state index in [-0.39, 0.29) is 23.6 Å². The lowest BCUT2D eigenvalue weighted by atomic mass is 9.94. The molecule has 35 heavy (non-hydrogen) atoms. The van der Waals surface area contributed by atoms with Crippen molar-refractivity contribution in [2.24, 2.45) is 0 Å². The number of fused-ring (bicyclic) bond motifs is 2. The number of ether oxygens (including phenoxy) is 1. The van der Waals surface area contributed by atoms with Crippen molar-refractivity contribution < 1.29 is 18.7 Å². The predicted octanol–water partition coefficient (Wildman–Crippen LogP) is 4.76. The van der Waals surface area contributed by atoms with Gasteiger partial charge in [0.25, 0.3) is 5.91 Å². The van der Waals surface area contributed by atoms with Crippen molar-refractivity contribution in [3.05, 3.63) is 59.3 Å². The van der Waals surface area contributed by atoms with Crippen LogP contribution >= 0.6 is 0 Å². The monoisotopic (exact) mass is 479 g/mol. The number of carbonyl (C=O) groups is 2. The molecule has 0 bridgehead atoms. The molecule has 0 unspecified atom stereocenters. The largest absolute Gasteiger partial charge is 0.444 e. The van der Waals surface area contributed by atoms with Crippen LogP contribution in [0, 0.1) is 12.9 Å². The lowest BCUT2D eigenvalue weighted by molar-refractivity contribution is 0.0517. The fraction of sp³-hybridized carbons (Fsp3) is 0.385. The summed E-state index contributed by atoms with van der Waals surface area (Å²) < 4.78 is 19.5. The van der Waals surface area contributed by atoms with E-state index in [0.29, 0.717) is 40.8 Å². The first kappa shape index (κ1) is 24.4. The highest BCUT2D eigenvalue weighted by atomic mass is 19.1. The van der Waals surface area contributed by atoms with Crippen molar-refractivity contribution in [2.75, 3.05) is 6.54 Å². The summed E-state index contributed by atoms with van der Waals surface area (Å²) in [5.41, 5.74) is 3.44. The van der Waals surface area contributed by atoms with Gasteiger partial charge < -0.3 is 20.4 Å². The van der Waals surface area contributed by atoms with Crippen molar-refractivity contribution in [2.45, 2.75) is 58.6 Å². The molecule has 0 aliphatic carbocycles. The molecule has 0 saturated heterocycles. The molecular formula is C26H30FN5O3. The van der Waals surface area contributed by atoms with Gasteiger partial charge in [-0.1, -0.05) is 24.3 Å². The first-order valence-electron chi connectivity index (χ1n) is 11.6. The summed E-state index contributed by atoms with van der Waals surface area (Å²) in [6, 6.07) is 7.02. The van der Waals surface area contributed by atoms with Gasteiger partial charge in [0.15, 0.2) is 0 Å². The van der Waals surface area contributed by atoms with E-state index in [9.17, 15) is 14.0 Å². The summed E-state index contributed by atoms with van der Waals surface area (Å²) in [6.07, 6.45) is 4.06. The molecule has 9 heteroatoms. The highest BCUT2D eigenvalue weighted by Gasteiger charge is 2.28. The molecule has 1 aliphatic heterocycles. The van der Waals surface area contributed by atoms with Crippen LogP contribution in [0.25, 0.3) is 22.3 Å². The van der Waals surface area contributed by atoms with Crippen LogP contribution in [-0.2, 0) is 4.74 Å². The third kappa shape index (κ3) is 5.50. The molecule has 4 rings (SSSR count). The van der Waals surface area contributed by atoms with Gasteiger partial charge in [-0.05, 0) is 53.2 Å². The second-order valence-corrected chi connectivity index (χ2v) is 9.79. The number of amides is 2. The molecule has 8 nitrogen and oxygen atoms in total. The number of allylic oxidation sites excluding steroid dienone is 1. The number of nitrogens with one attached hydrogen (secondary N) is 3. The number of hydrogen-bond acceptors (Lipinski definition) is 5. The van der Waals surface area contributed by atoms with Gasteiger partial charge in [0.2, 0.25) is 5.95 Å². The topological polar surface area (TPSA) is 109 Å². The first-order chi connectivity index (χ1) is 16.5. The highest BCUT2D eigenvalue weighted by molar-refractivity contribution is 5.99. The summed E-state index contributed by atoms with van der Waals surface area (Å²) in [7, 11) is 0. The molecule has 0 spiro atoms. The van der Waals surface area contributed by atoms with Gasteiger partial charge in [-0.2, -0.15) is 4.39 Å². The average Bonchev–Trinajstić information content (AvgIpc) is 3.21. The van der Waals surface area contributed by atoms with Crippen molar-refractivity contribution in [3.8, 4) is 11.3 Å². The Labute approximate surface area is 203 Å². The van der Waals surface area contributed by atoms with Crippen LogP contribution in [0.3, 0.4) is 0 Å². The Morgan fingerprint density at radius 2 is 2.09 bits per heavy atom. The fourth-order valence-electron chi connectivity index (χ4n) is 4.09. The third-order valence-corrected chi connectivity index (χ3v) is 5.70. The fourth-order valence-corrected chi connectivity index (χ4v) is 4.09. The number of para-hydroxylation sites is 1. The van der Waals surface area contributed by atoms with Crippen LogP contribution in [0.15, 0.2) is 36.4 Å². The maximum atomic E-state index is 14.2. The lowest BCUT2D eigenvalue weighted by Crippen LogP contribution is -2.36. The molecule has 2 atom stereocenters. The summed E-state index contributed by atoms with van der Waals surface area (Å²) in [5.74, 6) is -0.756. The summed E-state index contributed by atoms with van der Waals surface area (Å²) in [4.78, 5) is 36.3. The van der Waals surface area contributed by atoms with Gasteiger partial charge in [-0.15, -0.1) is 0 Å². The summed E-state index contributed by atoms with van der Waals surface area (Å²) in [5, 5.41) is 5.71. The standard InChI is InChI=1S/C26H30FN5O3/c1-14(29-25(34)35-26(3,4)5)8-6-9-16-13-28-24(33)18-12-20(31-21(16)18)17-10-7-11-19-22(17)32-23(27)15(2)30-19/h6-8,10-12,14,16,31H,9,13H2,1-5H3,(H,28,33)(H,29,34)/b8-6-/t14-,16+/m1/s1. The van der Waals surface area contributed by atoms with E-state index < -0.39 is 17.6 Å². The number of nitrogens with zero attached hydrogens (tertiary/aromatic N) is 2. The van der Waals surface area contributed by atoms with Gasteiger partial charge in [0, 0.05) is 35.5 Å². The molecule has 0 radical (unpaired) electrons. The van der Waals surface area contributed by atoms with E-state index in [2.05, 4.69) is 25.6 Å². The van der Waals surface area contributed by atoms with Crippen molar-refractivity contribution >= 4 is 23.0 Å². The number of hydrogen-bond donors (Lipinski definition) is 3. The zero-order valence-electron chi connectivity index (χ0n) is 20.5. The molecule has 1 aromatic carbocycles. The van der Waals surface area contributed by atoms with Crippen LogP contribution in [-0.4, -0.2) is 45.1 Å². The van der Waals surface area contributed by atoms with E-state index in [0.717, 1.165) is 5.69 Å². The van der Waals surface area contributed by atoms with E-state index in [1.807, 2.05) is 52.0 Å². The van der Waals surface area contributed by atoms with Gasteiger partial charge in [-0.3, -0.25) is 4.79 Å². The Hall–Kier alpha value is -3.75. The summed E-state index contributed by atoms with van der Waals surface area (Å²) in [6.45, 7) is 9.37. The molecule has 3 N–H and O–H groups in total. The van der Waals surface area contributed by atoms with Crippen LogP contribution in [0.2, 0.25) is 0 Å². The Balaban J connectivity index is 1.54. The Morgan fingerprint density at radius 1 is 1.31 bits per heavy atom. The SMILES string of the molecule is Cc1nc2cccc(-c3cc4c([nH]3)[C@@H](C/C=C\[C@@H](C)NC(=O)OC(C)(C)C)CNC4=O)c2nc1F. The highest BCUT2D eigenvalue weighted by Crippen LogP contribution is 2.33. The van der Waals surface area contributed by atoms with E-state index in [1.165, 1.54) is 0 Å². The minimum absolute atomic E-state index is 0.0152. The average molecular weight is 480 g/mol. The third-order valence-electron chi connectivity index (χ3n) is 5.70. The Morgan fingerprint density at radius 3 is 2.83 bits per heavy atom. The Bertz CT molecular complexity index is 1310. The quantitative estimate of drug-likeness (QED) is 0.457. The normalized spacial score (nSPS) is 16.7. The van der Waals surface area contributed by atoms with Crippen molar-refractivity contribution in [1.29, 1.82) is 0 Å². The number of aryl methyl sites for hydroxylation is 1. The number of carbonyl (C=O) groups excluding carboxylic acids is 2. The molecule has 0 saturated carbocycles. The molecule has 0 fully saturated rings. The van der Waals surface area contributed by atoms with Crippen molar-refractivity contribution in [1.82, 2.24) is 25.6 Å². The van der Waals surface area contributed by atoms with E-state index in [1.54, 1.807) is 19.1 Å². The minimum Gasteiger partial charge on any atom is -0.444 e. The van der Waals surface area contributed by atoms with Crippen LogP contribution in [0.5, 0.6) is 0 Å². The predicted molar refractivity (Wildman–Crippen MR) is 132 cm³/mol. The molecule has 184 valence electrons. The number of benzene rings is 1. The molecule has 1 aliphatic rings. The number of halogens is 1. The number of alkyl carbamates (subject to hydrolysis) is 1. The lowest BCUT2D eigenvalue weighted by Gasteiger charge is -2.22. The van der Waals surface area contributed by atoms with Crippen LogP contribution in [0.1, 0.15) is 61.8 Å². The van der Waals surface area contributed by atoms with Gasteiger partial charge >= 0.3 is 6.09 Å². The maximum Gasteiger partial charge on any atom is 0.408 e. The second-order valence-electron chi connectivity index (χ2n) is 9.79. The molecule has 3 aromatic rings. The second kappa shape index (κ2) is 9.48. The smallest absolute Gasteiger partial charge is 0.408 e. The number of H-pyrrole nitrogens is 1. The van der Waals surface area contributed by atoms with Gasteiger partial charge in [-0.25, -0.2) is 14.8 Å². The van der Waals surface area contributed by atoms with Gasteiger partial charge in [0.1, 0.15) is 11.1 Å². The van der Waals surface area contributed by atoms with Crippen LogP contribution in [0.4, 0.5) is 9.18 Å². The molecule has 3 heterocycles. The number of aromatic nitrogens is 3. The van der Waals surface area contributed by atoms with Crippen molar-refractivity contribution in [3.63, 3.8) is 0 Å². The molecule has 2 aromatic heterocycles. The first-order valence-corrected chi connectivity index (χ1v) is 11.6. The Kier molecular flexibility index (Phi) is 6.60. The van der Waals surface area contributed by atoms with E-state index >= 15 is 0 Å². The number of aromatic amines is 1.